The molecule has 0 aliphatic rings. The lowest BCUT2D eigenvalue weighted by Crippen LogP contribution is -2.25. The Morgan fingerprint density at radius 1 is 1.47 bits per heavy atom. The lowest BCUT2D eigenvalue weighted by atomic mass is 10.2. The average Bonchev–Trinajstić information content (AvgIpc) is 2.82. The van der Waals surface area contributed by atoms with Gasteiger partial charge in [0, 0.05) is 24.7 Å². The Morgan fingerprint density at radius 2 is 2.35 bits per heavy atom. The molecule has 0 aliphatic carbocycles. The molecule has 0 atom stereocenters. The van der Waals surface area contributed by atoms with E-state index in [9.17, 15) is 4.79 Å². The molecule has 0 saturated carbocycles. The van der Waals surface area contributed by atoms with E-state index in [1.165, 1.54) is 18.6 Å². The SMILES string of the molecule is Nc1cc(C(=O)NCCc2ncno2)ccn1. The van der Waals surface area contributed by atoms with Crippen LogP contribution in [0.4, 0.5) is 5.82 Å². The van der Waals surface area contributed by atoms with E-state index in [2.05, 4.69) is 20.4 Å². The van der Waals surface area contributed by atoms with Crippen LogP contribution in [0.5, 0.6) is 0 Å². The van der Waals surface area contributed by atoms with Gasteiger partial charge < -0.3 is 15.6 Å². The predicted octanol–water partition coefficient (Wildman–Crippen LogP) is 0.0193. The quantitative estimate of drug-likeness (QED) is 0.770. The number of amides is 1. The maximum absolute atomic E-state index is 11.7. The molecule has 17 heavy (non-hydrogen) atoms. The molecule has 1 amide bonds. The number of nitrogens with two attached hydrogens (primary N) is 1. The summed E-state index contributed by atoms with van der Waals surface area (Å²) < 4.78 is 4.80. The van der Waals surface area contributed by atoms with E-state index >= 15 is 0 Å². The molecule has 2 aromatic rings. The maximum atomic E-state index is 11.7. The van der Waals surface area contributed by atoms with Crippen LogP contribution in [0.2, 0.25) is 0 Å². The highest BCUT2D eigenvalue weighted by Crippen LogP contribution is 2.02. The van der Waals surface area contributed by atoms with Crippen LogP contribution in [0.15, 0.2) is 29.2 Å². The molecule has 0 bridgehead atoms. The fourth-order valence-corrected chi connectivity index (χ4v) is 1.28. The highest BCUT2D eigenvalue weighted by molar-refractivity contribution is 5.94. The van der Waals surface area contributed by atoms with E-state index in [-0.39, 0.29) is 5.91 Å². The number of nitrogens with one attached hydrogen (secondary N) is 1. The van der Waals surface area contributed by atoms with E-state index in [1.54, 1.807) is 6.07 Å². The van der Waals surface area contributed by atoms with Gasteiger partial charge in [-0.25, -0.2) is 4.98 Å². The summed E-state index contributed by atoms with van der Waals surface area (Å²) in [5.41, 5.74) is 5.95. The highest BCUT2D eigenvalue weighted by Gasteiger charge is 2.06. The fraction of sp³-hybridized carbons (Fsp3) is 0.200. The summed E-state index contributed by atoms with van der Waals surface area (Å²) >= 11 is 0. The Balaban J connectivity index is 1.85. The summed E-state index contributed by atoms with van der Waals surface area (Å²) in [6.07, 6.45) is 3.30. The number of carbonyl (C=O) groups is 1. The van der Waals surface area contributed by atoms with Crippen molar-refractivity contribution in [2.24, 2.45) is 0 Å². The molecule has 7 heteroatoms. The first-order valence-electron chi connectivity index (χ1n) is 5.01. The van der Waals surface area contributed by atoms with Crippen LogP contribution in [-0.2, 0) is 6.42 Å². The molecule has 0 spiro atoms. The first kappa shape index (κ1) is 11.1. The van der Waals surface area contributed by atoms with Gasteiger partial charge in [-0.3, -0.25) is 4.79 Å². The smallest absolute Gasteiger partial charge is 0.251 e. The van der Waals surface area contributed by atoms with E-state index in [4.69, 9.17) is 10.3 Å². The van der Waals surface area contributed by atoms with Crippen molar-refractivity contribution in [1.29, 1.82) is 0 Å². The number of carbonyl (C=O) groups excluding carboxylic acids is 1. The van der Waals surface area contributed by atoms with Crippen LogP contribution in [0.25, 0.3) is 0 Å². The number of aromatic nitrogens is 3. The fourth-order valence-electron chi connectivity index (χ4n) is 1.28. The van der Waals surface area contributed by atoms with Gasteiger partial charge in [0.05, 0.1) is 0 Å². The summed E-state index contributed by atoms with van der Waals surface area (Å²) in [7, 11) is 0. The second kappa shape index (κ2) is 5.06. The van der Waals surface area contributed by atoms with E-state index in [0.29, 0.717) is 30.2 Å². The standard InChI is InChI=1S/C10H11N5O2/c11-8-5-7(1-3-12-8)10(16)13-4-2-9-14-6-15-17-9/h1,3,5-6H,2,4H2,(H2,11,12)(H,13,16). The maximum Gasteiger partial charge on any atom is 0.251 e. The first-order valence-corrected chi connectivity index (χ1v) is 5.01. The summed E-state index contributed by atoms with van der Waals surface area (Å²) in [6.45, 7) is 0.420. The van der Waals surface area contributed by atoms with Gasteiger partial charge in [0.15, 0.2) is 6.33 Å². The van der Waals surface area contributed by atoms with Crippen molar-refractivity contribution in [3.05, 3.63) is 36.1 Å². The Bertz CT molecular complexity index is 497. The molecule has 88 valence electrons. The number of hydrogen-bond donors (Lipinski definition) is 2. The van der Waals surface area contributed by atoms with Crippen LogP contribution in [-0.4, -0.2) is 27.6 Å². The van der Waals surface area contributed by atoms with Crippen LogP contribution in [0.3, 0.4) is 0 Å². The minimum Gasteiger partial charge on any atom is -0.384 e. The molecule has 2 aromatic heterocycles. The number of rotatable bonds is 4. The molecule has 2 heterocycles. The summed E-state index contributed by atoms with van der Waals surface area (Å²) in [4.78, 5) is 19.3. The molecule has 0 radical (unpaired) electrons. The van der Waals surface area contributed by atoms with Gasteiger partial charge in [-0.05, 0) is 12.1 Å². The van der Waals surface area contributed by atoms with Gasteiger partial charge in [0.1, 0.15) is 5.82 Å². The van der Waals surface area contributed by atoms with Gasteiger partial charge in [-0.2, -0.15) is 4.98 Å². The Kier molecular flexibility index (Phi) is 3.29. The summed E-state index contributed by atoms with van der Waals surface area (Å²) in [6, 6.07) is 3.11. The molecular weight excluding hydrogens is 222 g/mol. The van der Waals surface area contributed by atoms with Crippen LogP contribution >= 0.6 is 0 Å². The number of nitrogens with zero attached hydrogens (tertiary/aromatic N) is 3. The summed E-state index contributed by atoms with van der Waals surface area (Å²) in [5.74, 6) is 0.590. The van der Waals surface area contributed by atoms with Crippen molar-refractivity contribution in [2.75, 3.05) is 12.3 Å². The molecule has 0 aromatic carbocycles. The molecule has 3 N–H and O–H groups in total. The van der Waals surface area contributed by atoms with Crippen molar-refractivity contribution in [2.45, 2.75) is 6.42 Å². The molecule has 0 fully saturated rings. The van der Waals surface area contributed by atoms with Crippen LogP contribution < -0.4 is 11.1 Å². The molecule has 0 saturated heterocycles. The molecule has 0 aliphatic heterocycles. The van der Waals surface area contributed by atoms with Crippen molar-refractivity contribution in [3.8, 4) is 0 Å². The van der Waals surface area contributed by atoms with Gasteiger partial charge in [-0.1, -0.05) is 5.16 Å². The average molecular weight is 233 g/mol. The zero-order valence-corrected chi connectivity index (χ0v) is 8.96. The lowest BCUT2D eigenvalue weighted by molar-refractivity contribution is 0.0953. The van der Waals surface area contributed by atoms with Crippen LogP contribution in [0, 0.1) is 0 Å². The normalized spacial score (nSPS) is 10.1. The predicted molar refractivity (Wildman–Crippen MR) is 59.0 cm³/mol. The molecule has 2 rings (SSSR count). The Morgan fingerprint density at radius 3 is 3.06 bits per heavy atom. The number of pyridine rings is 1. The van der Waals surface area contributed by atoms with E-state index in [1.807, 2.05) is 0 Å². The van der Waals surface area contributed by atoms with Crippen molar-refractivity contribution in [1.82, 2.24) is 20.4 Å². The van der Waals surface area contributed by atoms with E-state index in [0.717, 1.165) is 0 Å². The Hall–Kier alpha value is -2.44. The second-order valence-electron chi connectivity index (χ2n) is 3.31. The van der Waals surface area contributed by atoms with E-state index < -0.39 is 0 Å². The van der Waals surface area contributed by atoms with Crippen molar-refractivity contribution >= 4 is 11.7 Å². The minimum atomic E-state index is -0.210. The summed E-state index contributed by atoms with van der Waals surface area (Å²) in [5, 5.41) is 6.18. The van der Waals surface area contributed by atoms with Gasteiger partial charge in [-0.15, -0.1) is 0 Å². The minimum absolute atomic E-state index is 0.210. The van der Waals surface area contributed by atoms with Gasteiger partial charge in [0.2, 0.25) is 5.89 Å². The van der Waals surface area contributed by atoms with Gasteiger partial charge in [0.25, 0.3) is 5.91 Å². The number of hydrogen-bond acceptors (Lipinski definition) is 6. The monoisotopic (exact) mass is 233 g/mol. The largest absolute Gasteiger partial charge is 0.384 e. The lowest BCUT2D eigenvalue weighted by Gasteiger charge is -2.03. The third-order valence-corrected chi connectivity index (χ3v) is 2.07. The molecule has 0 unspecified atom stereocenters. The van der Waals surface area contributed by atoms with Crippen LogP contribution in [0.1, 0.15) is 16.2 Å². The molecular formula is C10H11N5O2. The zero-order chi connectivity index (χ0) is 12.1. The zero-order valence-electron chi connectivity index (χ0n) is 8.96. The third-order valence-electron chi connectivity index (χ3n) is 2.07. The topological polar surface area (TPSA) is 107 Å². The number of nitrogen functional groups attached to an aromatic ring is 1. The number of anilines is 1. The van der Waals surface area contributed by atoms with Crippen molar-refractivity contribution in [3.63, 3.8) is 0 Å². The Labute approximate surface area is 97.0 Å². The third kappa shape index (κ3) is 3.00. The molecule has 7 nitrogen and oxygen atoms in total. The van der Waals surface area contributed by atoms with Crippen molar-refractivity contribution < 1.29 is 9.32 Å². The first-order chi connectivity index (χ1) is 8.25. The van der Waals surface area contributed by atoms with Gasteiger partial charge >= 0.3 is 0 Å². The highest BCUT2D eigenvalue weighted by atomic mass is 16.5. The second-order valence-corrected chi connectivity index (χ2v) is 3.31.